The summed E-state index contributed by atoms with van der Waals surface area (Å²) in [6, 6.07) is 3.95. The number of hydrogen-bond donors (Lipinski definition) is 0. The summed E-state index contributed by atoms with van der Waals surface area (Å²) in [4.78, 5) is 11.6. The Balaban J connectivity index is 2.76. The van der Waals surface area contributed by atoms with Gasteiger partial charge in [-0.05, 0) is 35.0 Å². The fourth-order valence-electron chi connectivity index (χ4n) is 1.76. The number of halogens is 1. The molecule has 0 saturated heterocycles. The van der Waals surface area contributed by atoms with Crippen molar-refractivity contribution >= 4 is 33.7 Å². The normalized spacial score (nSPS) is 10.2. The second-order valence-electron chi connectivity index (χ2n) is 3.66. The topological polar surface area (TPSA) is 35.1 Å². The maximum atomic E-state index is 11.6. The van der Waals surface area contributed by atoms with E-state index in [1.165, 1.54) is 0 Å². The van der Waals surface area contributed by atoms with Gasteiger partial charge in [0.05, 0.1) is 12.1 Å². The minimum Gasteiger partial charge on any atom is -0.407 e. The van der Waals surface area contributed by atoms with Crippen molar-refractivity contribution in [3.8, 4) is 9.85 Å². The van der Waals surface area contributed by atoms with Crippen LogP contribution in [0.5, 0.6) is 0 Å². The van der Waals surface area contributed by atoms with Crippen molar-refractivity contribution < 1.29 is 4.42 Å². The van der Waals surface area contributed by atoms with E-state index in [9.17, 15) is 4.79 Å². The zero-order valence-electron chi connectivity index (χ0n) is 9.00. The van der Waals surface area contributed by atoms with Gasteiger partial charge in [-0.1, -0.05) is 12.0 Å². The highest BCUT2D eigenvalue weighted by Crippen LogP contribution is 2.19. The Kier molecular flexibility index (Phi) is 3.06. The van der Waals surface area contributed by atoms with Gasteiger partial charge in [0.1, 0.15) is 0 Å². The van der Waals surface area contributed by atoms with E-state index >= 15 is 0 Å². The molecule has 3 nitrogen and oxygen atoms in total. The first-order chi connectivity index (χ1) is 7.63. The molecular weight excluding hydrogens is 317 g/mol. The van der Waals surface area contributed by atoms with Crippen LogP contribution < -0.4 is 5.76 Å². The van der Waals surface area contributed by atoms with Gasteiger partial charge in [-0.2, -0.15) is 0 Å². The molecule has 2 aromatic rings. The summed E-state index contributed by atoms with van der Waals surface area (Å²) in [7, 11) is 0. The summed E-state index contributed by atoms with van der Waals surface area (Å²) < 4.78 is 9.52. The van der Waals surface area contributed by atoms with Crippen LogP contribution in [0.1, 0.15) is 11.1 Å². The van der Waals surface area contributed by atoms with Crippen LogP contribution in [0.25, 0.3) is 11.1 Å². The molecule has 0 aliphatic rings. The van der Waals surface area contributed by atoms with E-state index in [4.69, 9.17) is 4.42 Å². The highest BCUT2D eigenvalue weighted by Gasteiger charge is 2.10. The lowest BCUT2D eigenvalue weighted by Gasteiger charge is -1.99. The minimum absolute atomic E-state index is 0.345. The van der Waals surface area contributed by atoms with Crippen molar-refractivity contribution in [1.29, 1.82) is 0 Å². The van der Waals surface area contributed by atoms with Crippen molar-refractivity contribution in [3.05, 3.63) is 33.8 Å². The summed E-state index contributed by atoms with van der Waals surface area (Å²) in [5.74, 6) is 2.52. The second-order valence-corrected chi connectivity index (χ2v) is 4.19. The van der Waals surface area contributed by atoms with Crippen LogP contribution in [-0.4, -0.2) is 4.57 Å². The van der Waals surface area contributed by atoms with E-state index in [1.54, 1.807) is 4.57 Å². The highest BCUT2D eigenvalue weighted by atomic mass is 127. The Labute approximate surface area is 107 Å². The molecular formula is C12H10INO2. The van der Waals surface area contributed by atoms with Gasteiger partial charge >= 0.3 is 5.76 Å². The van der Waals surface area contributed by atoms with E-state index < -0.39 is 0 Å². The maximum Gasteiger partial charge on any atom is 0.420 e. The number of nitrogens with zero attached hydrogens (tertiary/aromatic N) is 1. The summed E-state index contributed by atoms with van der Waals surface area (Å²) in [5, 5.41) is 0. The van der Waals surface area contributed by atoms with Crippen molar-refractivity contribution in [2.24, 2.45) is 0 Å². The number of oxazole rings is 1. The molecule has 16 heavy (non-hydrogen) atoms. The van der Waals surface area contributed by atoms with Gasteiger partial charge in [-0.15, -0.1) is 0 Å². The molecule has 0 saturated carbocycles. The number of fused-ring (bicyclic) bond motifs is 1. The van der Waals surface area contributed by atoms with Gasteiger partial charge < -0.3 is 4.42 Å². The molecule has 0 amide bonds. The number of aryl methyl sites for hydroxylation is 2. The number of rotatable bonds is 1. The van der Waals surface area contributed by atoms with Gasteiger partial charge in [-0.25, -0.2) is 4.79 Å². The SMILES string of the molecule is Cc1cc(C)c2oc(=O)n(CC#CI)c2c1. The van der Waals surface area contributed by atoms with Gasteiger partial charge in [0.2, 0.25) is 0 Å². The van der Waals surface area contributed by atoms with E-state index in [0.717, 1.165) is 16.6 Å². The largest absolute Gasteiger partial charge is 0.420 e. The molecule has 0 aliphatic heterocycles. The van der Waals surface area contributed by atoms with Crippen LogP contribution in [0.3, 0.4) is 0 Å². The Morgan fingerprint density at radius 2 is 2.19 bits per heavy atom. The van der Waals surface area contributed by atoms with Crippen LogP contribution in [0.15, 0.2) is 21.3 Å². The molecule has 0 spiro atoms. The molecule has 82 valence electrons. The van der Waals surface area contributed by atoms with E-state index in [-0.39, 0.29) is 5.76 Å². The molecule has 0 fully saturated rings. The zero-order chi connectivity index (χ0) is 11.7. The zero-order valence-corrected chi connectivity index (χ0v) is 11.2. The van der Waals surface area contributed by atoms with Crippen molar-refractivity contribution in [1.82, 2.24) is 4.57 Å². The quantitative estimate of drug-likeness (QED) is 0.596. The molecule has 1 aromatic heterocycles. The molecule has 2 rings (SSSR count). The third kappa shape index (κ3) is 1.87. The van der Waals surface area contributed by atoms with Crippen LogP contribution in [-0.2, 0) is 6.54 Å². The molecule has 0 radical (unpaired) electrons. The van der Waals surface area contributed by atoms with E-state index in [0.29, 0.717) is 12.1 Å². The van der Waals surface area contributed by atoms with Gasteiger partial charge in [-0.3, -0.25) is 4.57 Å². The Hall–Kier alpha value is -1.22. The lowest BCUT2D eigenvalue weighted by Crippen LogP contribution is -2.12. The Bertz CT molecular complexity index is 655. The molecule has 0 unspecified atom stereocenters. The standard InChI is InChI=1S/C12H10INO2/c1-8-6-9(2)11-10(7-8)14(5-3-4-13)12(15)16-11/h6-7H,5H2,1-2H3. The molecule has 0 atom stereocenters. The maximum absolute atomic E-state index is 11.6. The van der Waals surface area contributed by atoms with Crippen molar-refractivity contribution in [2.75, 3.05) is 0 Å². The first-order valence-electron chi connectivity index (χ1n) is 4.82. The number of hydrogen-bond acceptors (Lipinski definition) is 2. The van der Waals surface area contributed by atoms with Crippen molar-refractivity contribution in [2.45, 2.75) is 20.4 Å². The number of aromatic nitrogens is 1. The predicted octanol–water partition coefficient (Wildman–Crippen LogP) is 2.61. The van der Waals surface area contributed by atoms with Crippen LogP contribution in [0.2, 0.25) is 0 Å². The first-order valence-corrected chi connectivity index (χ1v) is 5.90. The summed E-state index contributed by atoms with van der Waals surface area (Å²) in [5.41, 5.74) is 3.57. The van der Waals surface area contributed by atoms with Gasteiger partial charge in [0, 0.05) is 22.6 Å². The monoisotopic (exact) mass is 327 g/mol. The Morgan fingerprint density at radius 1 is 1.44 bits per heavy atom. The fourth-order valence-corrected chi connectivity index (χ4v) is 1.94. The molecule has 4 heteroatoms. The third-order valence-electron chi connectivity index (χ3n) is 2.40. The Morgan fingerprint density at radius 3 is 2.88 bits per heavy atom. The predicted molar refractivity (Wildman–Crippen MR) is 71.7 cm³/mol. The lowest BCUT2D eigenvalue weighted by molar-refractivity contribution is 0.520. The first kappa shape index (κ1) is 11.3. The van der Waals surface area contributed by atoms with Gasteiger partial charge in [0.15, 0.2) is 5.58 Å². The minimum atomic E-state index is -0.345. The average molecular weight is 327 g/mol. The van der Waals surface area contributed by atoms with Crippen LogP contribution in [0, 0.1) is 23.7 Å². The molecule has 0 N–H and O–H groups in total. The lowest BCUT2D eigenvalue weighted by atomic mass is 10.1. The summed E-state index contributed by atoms with van der Waals surface area (Å²) in [6.45, 7) is 4.31. The molecule has 0 bridgehead atoms. The van der Waals surface area contributed by atoms with E-state index in [2.05, 4.69) is 9.85 Å². The number of benzene rings is 1. The highest BCUT2D eigenvalue weighted by molar-refractivity contribution is 14.1. The van der Waals surface area contributed by atoms with Crippen LogP contribution >= 0.6 is 22.6 Å². The molecule has 0 aliphatic carbocycles. The fraction of sp³-hybridized carbons (Fsp3) is 0.250. The smallest absolute Gasteiger partial charge is 0.407 e. The average Bonchev–Trinajstić information content (AvgIpc) is 2.53. The van der Waals surface area contributed by atoms with Crippen LogP contribution in [0.4, 0.5) is 0 Å². The van der Waals surface area contributed by atoms with Crippen molar-refractivity contribution in [3.63, 3.8) is 0 Å². The third-order valence-corrected chi connectivity index (χ3v) is 2.79. The molecule has 1 aromatic carbocycles. The summed E-state index contributed by atoms with van der Waals surface area (Å²) >= 11 is 1.95. The summed E-state index contributed by atoms with van der Waals surface area (Å²) in [6.07, 6.45) is 0. The van der Waals surface area contributed by atoms with E-state index in [1.807, 2.05) is 48.6 Å². The second kappa shape index (κ2) is 4.34. The van der Waals surface area contributed by atoms with Gasteiger partial charge in [0.25, 0.3) is 0 Å². The molecule has 1 heterocycles.